The maximum absolute atomic E-state index is 5.69. The third-order valence-electron chi connectivity index (χ3n) is 1.19. The van der Waals surface area contributed by atoms with Crippen molar-refractivity contribution in [3.05, 3.63) is 0 Å². The van der Waals surface area contributed by atoms with Crippen molar-refractivity contribution >= 4 is 30.2 Å². The summed E-state index contributed by atoms with van der Waals surface area (Å²) in [6.45, 7) is 4.23. The van der Waals surface area contributed by atoms with E-state index in [0.717, 1.165) is 6.42 Å². The van der Waals surface area contributed by atoms with Crippen molar-refractivity contribution in [3.8, 4) is 0 Å². The molecule has 0 radical (unpaired) electrons. The van der Waals surface area contributed by atoms with Crippen LogP contribution in [-0.4, -0.2) is 17.9 Å². The third-order valence-corrected chi connectivity index (χ3v) is 3.37. The fraction of sp³-hybridized carbons (Fsp3) is 0.714. The molecule has 0 aliphatic heterocycles. The molecule has 0 amide bonds. The molecule has 1 nitrogen and oxygen atoms in total. The molecular formula is C7H13Cl2NRu. The van der Waals surface area contributed by atoms with Crippen LogP contribution in [0.25, 0.3) is 0 Å². The van der Waals surface area contributed by atoms with Gasteiger partial charge in [-0.05, 0) is 0 Å². The standard InChI is InChI=1S/C7H13N.2ClH.Ru/c1-5-7(2,3)6-8-4;;;/h1,6H,5H2,2-4H3;2*1H;/q;;;+2/p-2. The molecule has 0 aliphatic rings. The van der Waals surface area contributed by atoms with Gasteiger partial charge in [0.2, 0.25) is 0 Å². The van der Waals surface area contributed by atoms with Crippen LogP contribution in [0.4, 0.5) is 0 Å². The van der Waals surface area contributed by atoms with Gasteiger partial charge in [0.15, 0.2) is 0 Å². The van der Waals surface area contributed by atoms with Gasteiger partial charge in [-0.1, -0.05) is 0 Å². The van der Waals surface area contributed by atoms with Crippen molar-refractivity contribution < 1.29 is 13.5 Å². The summed E-state index contributed by atoms with van der Waals surface area (Å²) in [6.07, 6.45) is 2.84. The molecule has 0 rings (SSSR count). The van der Waals surface area contributed by atoms with Crippen LogP contribution < -0.4 is 0 Å². The molecule has 0 saturated carbocycles. The van der Waals surface area contributed by atoms with Crippen molar-refractivity contribution in [1.29, 1.82) is 0 Å². The third kappa shape index (κ3) is 7.12. The Morgan fingerprint density at radius 2 is 2.00 bits per heavy atom. The Balaban J connectivity index is 4.02. The first kappa shape index (κ1) is 11.7. The van der Waals surface area contributed by atoms with Crippen LogP contribution in [0.2, 0.25) is 0 Å². The second-order valence-electron chi connectivity index (χ2n) is 2.93. The summed E-state index contributed by atoms with van der Waals surface area (Å²) in [6, 6.07) is 0. The van der Waals surface area contributed by atoms with Crippen molar-refractivity contribution in [3.63, 3.8) is 0 Å². The number of hydrogen-bond donors (Lipinski definition) is 0. The predicted octanol–water partition coefficient (Wildman–Crippen LogP) is 2.83. The van der Waals surface area contributed by atoms with E-state index in [2.05, 4.69) is 18.8 Å². The topological polar surface area (TPSA) is 12.4 Å². The van der Waals surface area contributed by atoms with E-state index in [0.29, 0.717) is 0 Å². The van der Waals surface area contributed by atoms with Crippen LogP contribution in [0.5, 0.6) is 0 Å². The summed E-state index contributed by atoms with van der Waals surface area (Å²) < 4.78 is 2.01. The Labute approximate surface area is 81.3 Å². The van der Waals surface area contributed by atoms with Gasteiger partial charge in [0.1, 0.15) is 0 Å². The number of nitrogens with zero attached hydrogens (tertiary/aromatic N) is 1. The monoisotopic (exact) mass is 283 g/mol. The first-order valence-electron chi connectivity index (χ1n) is 3.23. The Morgan fingerprint density at radius 1 is 1.45 bits per heavy atom. The van der Waals surface area contributed by atoms with Gasteiger partial charge >= 0.3 is 81.4 Å². The van der Waals surface area contributed by atoms with Gasteiger partial charge in [-0.15, -0.1) is 0 Å². The molecule has 0 aromatic heterocycles. The summed E-state index contributed by atoms with van der Waals surface area (Å²) >= 11 is -1.57. The van der Waals surface area contributed by atoms with Gasteiger partial charge in [-0.2, -0.15) is 0 Å². The molecule has 4 heteroatoms. The molecule has 68 valence electrons. The number of halogens is 2. The molecule has 0 heterocycles. The van der Waals surface area contributed by atoms with Crippen LogP contribution in [0.1, 0.15) is 20.3 Å². The predicted molar refractivity (Wildman–Crippen MR) is 50.6 cm³/mol. The molecule has 0 N–H and O–H groups in total. The molecular weight excluding hydrogens is 270 g/mol. The van der Waals surface area contributed by atoms with Crippen LogP contribution in [0, 0.1) is 5.41 Å². The van der Waals surface area contributed by atoms with E-state index in [9.17, 15) is 0 Å². The fourth-order valence-corrected chi connectivity index (χ4v) is 2.47. The van der Waals surface area contributed by atoms with Gasteiger partial charge in [-0.25, -0.2) is 0 Å². The maximum atomic E-state index is 5.69. The molecule has 0 aliphatic carbocycles. The summed E-state index contributed by atoms with van der Waals surface area (Å²) in [7, 11) is 13.2. The van der Waals surface area contributed by atoms with Crippen LogP contribution in [0.3, 0.4) is 0 Å². The first-order chi connectivity index (χ1) is 4.98. The van der Waals surface area contributed by atoms with Crippen molar-refractivity contribution in [2.24, 2.45) is 10.4 Å². The zero-order chi connectivity index (χ0) is 8.91. The minimum atomic E-state index is -1.57. The average molecular weight is 283 g/mol. The van der Waals surface area contributed by atoms with Crippen LogP contribution in [0.15, 0.2) is 4.99 Å². The number of hydrogen-bond acceptors (Lipinski definition) is 1. The van der Waals surface area contributed by atoms with E-state index >= 15 is 0 Å². The Morgan fingerprint density at radius 3 is 2.36 bits per heavy atom. The second kappa shape index (κ2) is 5.40. The van der Waals surface area contributed by atoms with Crippen LogP contribution >= 0.6 is 19.4 Å². The fourth-order valence-electron chi connectivity index (χ4n) is 0.643. The van der Waals surface area contributed by atoms with E-state index < -0.39 is 13.5 Å². The van der Waals surface area contributed by atoms with E-state index in [1.807, 2.05) is 10.8 Å². The molecule has 0 unspecified atom stereocenters. The Kier molecular flexibility index (Phi) is 5.76. The molecule has 0 fully saturated rings. The molecule has 0 atom stereocenters. The zero-order valence-electron chi connectivity index (χ0n) is 6.92. The van der Waals surface area contributed by atoms with Gasteiger partial charge in [0.25, 0.3) is 0 Å². The van der Waals surface area contributed by atoms with Gasteiger partial charge in [0.05, 0.1) is 0 Å². The summed E-state index contributed by atoms with van der Waals surface area (Å²) in [5.41, 5.74) is 0.102. The normalized spacial score (nSPS) is 13.7. The summed E-state index contributed by atoms with van der Waals surface area (Å²) in [4.78, 5) is 3.97. The first-order valence-corrected chi connectivity index (χ1v) is 8.71. The van der Waals surface area contributed by atoms with Crippen molar-refractivity contribution in [1.82, 2.24) is 0 Å². The van der Waals surface area contributed by atoms with E-state index in [1.165, 1.54) is 0 Å². The van der Waals surface area contributed by atoms with Crippen molar-refractivity contribution in [2.45, 2.75) is 20.3 Å². The molecule has 0 aromatic rings. The zero-order valence-corrected chi connectivity index (χ0v) is 10.2. The molecule has 0 bridgehead atoms. The molecule has 0 saturated heterocycles. The molecule has 11 heavy (non-hydrogen) atoms. The molecule has 0 spiro atoms. The number of aliphatic imine (C=N–C) groups is 1. The van der Waals surface area contributed by atoms with E-state index in [1.54, 1.807) is 7.05 Å². The second-order valence-corrected chi connectivity index (χ2v) is 8.86. The van der Waals surface area contributed by atoms with E-state index in [4.69, 9.17) is 19.4 Å². The Bertz CT molecular complexity index is 171. The van der Waals surface area contributed by atoms with Gasteiger partial charge in [-0.3, -0.25) is 0 Å². The number of rotatable bonds is 3. The van der Waals surface area contributed by atoms with Crippen molar-refractivity contribution in [2.75, 3.05) is 7.05 Å². The quantitative estimate of drug-likeness (QED) is 0.558. The SMILES string of the molecule is CN=CC(C)(C)C[CH]=[Ru]([Cl])[Cl]. The average Bonchev–Trinajstić information content (AvgIpc) is 1.84. The summed E-state index contributed by atoms with van der Waals surface area (Å²) in [5.74, 6) is 0. The van der Waals surface area contributed by atoms with Gasteiger partial charge in [0, 0.05) is 0 Å². The summed E-state index contributed by atoms with van der Waals surface area (Å²) in [5, 5.41) is 0. The van der Waals surface area contributed by atoms with Crippen LogP contribution in [-0.2, 0) is 13.5 Å². The molecule has 0 aromatic carbocycles. The van der Waals surface area contributed by atoms with E-state index in [-0.39, 0.29) is 5.41 Å². The van der Waals surface area contributed by atoms with Gasteiger partial charge < -0.3 is 0 Å². The Hall–Kier alpha value is 0.743. The minimum absolute atomic E-state index is 0.102.